The number of carbonyl (C=O) groups is 2. The molecular formula is C23H24N2O5. The smallest absolute Gasteiger partial charge is 0.250 e. The summed E-state index contributed by atoms with van der Waals surface area (Å²) in [5.41, 5.74) is 1.73. The fraction of sp³-hybridized carbons (Fsp3) is 0.304. The topological polar surface area (TPSA) is 99.1 Å². The van der Waals surface area contributed by atoms with E-state index in [-0.39, 0.29) is 23.0 Å². The van der Waals surface area contributed by atoms with E-state index in [2.05, 4.69) is 5.32 Å². The summed E-state index contributed by atoms with van der Waals surface area (Å²) in [6, 6.07) is 10.5. The number of rotatable bonds is 5. The van der Waals surface area contributed by atoms with Crippen LogP contribution in [0.1, 0.15) is 47.2 Å². The third-order valence-corrected chi connectivity index (χ3v) is 5.85. The molecule has 0 bridgehead atoms. The monoisotopic (exact) mass is 408 g/mol. The molecule has 30 heavy (non-hydrogen) atoms. The molecule has 2 fully saturated rings. The lowest BCUT2D eigenvalue weighted by atomic mass is 9.98. The van der Waals surface area contributed by atoms with Crippen molar-refractivity contribution in [3.05, 3.63) is 53.1 Å². The molecule has 1 spiro atoms. The molecule has 7 heteroatoms. The first-order chi connectivity index (χ1) is 14.5. The van der Waals surface area contributed by atoms with Crippen LogP contribution in [0.3, 0.4) is 0 Å². The Hall–Kier alpha value is -3.16. The highest BCUT2D eigenvalue weighted by Gasteiger charge is 2.52. The van der Waals surface area contributed by atoms with Crippen molar-refractivity contribution in [3.8, 4) is 11.5 Å². The Morgan fingerprint density at radius 2 is 1.80 bits per heavy atom. The van der Waals surface area contributed by atoms with Crippen LogP contribution in [0.15, 0.2) is 36.4 Å². The summed E-state index contributed by atoms with van der Waals surface area (Å²) in [5.74, 6) is -0.0330. The van der Waals surface area contributed by atoms with Crippen LogP contribution < -0.4 is 15.0 Å². The molecule has 1 saturated carbocycles. The van der Waals surface area contributed by atoms with Gasteiger partial charge in [0.1, 0.15) is 5.54 Å². The standard InChI is InChI=1S/C23H24N2O5/c1-30-19-13-16(12-17(14-26)20(19)27)5-4-15-6-8-18(9-7-15)25-21(28)23(24-22(25)29)10-2-3-11-23/h4-9,12-14,22,24,27,29H,2-3,10-11H2,1H3/b5-4+. The number of carbonyl (C=O) groups excluding carboxylic acids is 2. The van der Waals surface area contributed by atoms with Crippen LogP contribution in [-0.4, -0.2) is 41.4 Å². The van der Waals surface area contributed by atoms with E-state index < -0.39 is 11.9 Å². The zero-order chi connectivity index (χ0) is 21.3. The fourth-order valence-corrected chi connectivity index (χ4v) is 4.24. The molecule has 0 aromatic heterocycles. The van der Waals surface area contributed by atoms with Crippen molar-refractivity contribution in [2.75, 3.05) is 12.0 Å². The normalized spacial score (nSPS) is 20.4. The third-order valence-electron chi connectivity index (χ3n) is 5.85. The summed E-state index contributed by atoms with van der Waals surface area (Å²) >= 11 is 0. The first-order valence-corrected chi connectivity index (χ1v) is 9.91. The summed E-state index contributed by atoms with van der Waals surface area (Å²) in [6.07, 6.45) is 6.67. The van der Waals surface area contributed by atoms with Gasteiger partial charge in [0, 0.05) is 5.69 Å². The number of phenols is 1. The largest absolute Gasteiger partial charge is 0.504 e. The summed E-state index contributed by atoms with van der Waals surface area (Å²) in [7, 11) is 1.43. The van der Waals surface area contributed by atoms with E-state index in [1.54, 1.807) is 30.3 Å². The molecule has 2 aliphatic rings. The van der Waals surface area contributed by atoms with E-state index in [1.807, 2.05) is 18.2 Å². The van der Waals surface area contributed by atoms with Gasteiger partial charge in [0.25, 0.3) is 5.91 Å². The van der Waals surface area contributed by atoms with Crippen LogP contribution in [0.25, 0.3) is 12.2 Å². The number of nitrogens with one attached hydrogen (secondary N) is 1. The molecule has 0 radical (unpaired) electrons. The van der Waals surface area contributed by atoms with Crippen molar-refractivity contribution in [1.29, 1.82) is 0 Å². The molecule has 1 unspecified atom stereocenters. The number of aliphatic hydroxyl groups is 1. The van der Waals surface area contributed by atoms with Crippen LogP contribution in [0.2, 0.25) is 0 Å². The van der Waals surface area contributed by atoms with Gasteiger partial charge in [0.05, 0.1) is 12.7 Å². The van der Waals surface area contributed by atoms with E-state index in [9.17, 15) is 19.8 Å². The molecule has 1 amide bonds. The molecule has 7 nitrogen and oxygen atoms in total. The highest BCUT2D eigenvalue weighted by Crippen LogP contribution is 2.38. The number of amides is 1. The van der Waals surface area contributed by atoms with E-state index in [1.165, 1.54) is 12.0 Å². The summed E-state index contributed by atoms with van der Waals surface area (Å²) in [6.45, 7) is 0. The maximum atomic E-state index is 12.9. The van der Waals surface area contributed by atoms with E-state index in [0.717, 1.165) is 31.2 Å². The highest BCUT2D eigenvalue weighted by atomic mass is 16.5. The van der Waals surface area contributed by atoms with Crippen molar-refractivity contribution >= 4 is 30.0 Å². The molecule has 1 aliphatic heterocycles. The third kappa shape index (κ3) is 3.46. The second kappa shape index (κ2) is 7.93. The lowest BCUT2D eigenvalue weighted by Crippen LogP contribution is -2.44. The van der Waals surface area contributed by atoms with Crippen molar-refractivity contribution < 1.29 is 24.5 Å². The zero-order valence-corrected chi connectivity index (χ0v) is 16.7. The lowest BCUT2D eigenvalue weighted by molar-refractivity contribution is -0.122. The Balaban J connectivity index is 1.53. The predicted octanol–water partition coefficient (Wildman–Crippen LogP) is 2.91. The average Bonchev–Trinajstić information content (AvgIpc) is 3.32. The van der Waals surface area contributed by atoms with Crippen molar-refractivity contribution in [1.82, 2.24) is 5.32 Å². The minimum atomic E-state index is -1.02. The van der Waals surface area contributed by atoms with Gasteiger partial charge in [-0.2, -0.15) is 0 Å². The molecule has 1 atom stereocenters. The molecular weight excluding hydrogens is 384 g/mol. The SMILES string of the molecule is COc1cc(/C=C/c2ccc(N3C(=O)C4(CCCC4)NC3O)cc2)cc(C=O)c1O. The Morgan fingerprint density at radius 3 is 2.43 bits per heavy atom. The van der Waals surface area contributed by atoms with E-state index >= 15 is 0 Å². The zero-order valence-electron chi connectivity index (χ0n) is 16.7. The highest BCUT2D eigenvalue weighted by molar-refractivity contribution is 6.03. The minimum absolute atomic E-state index is 0.0756. The summed E-state index contributed by atoms with van der Waals surface area (Å²) < 4.78 is 5.10. The molecule has 3 N–H and O–H groups in total. The number of aldehydes is 1. The number of aliphatic hydroxyl groups excluding tert-OH is 1. The van der Waals surface area contributed by atoms with Gasteiger partial charge in [0.15, 0.2) is 24.1 Å². The fourth-order valence-electron chi connectivity index (χ4n) is 4.24. The van der Waals surface area contributed by atoms with Crippen LogP contribution in [0, 0.1) is 0 Å². The number of methoxy groups -OCH3 is 1. The molecule has 156 valence electrons. The van der Waals surface area contributed by atoms with Crippen LogP contribution in [0.4, 0.5) is 5.69 Å². The number of hydrogen-bond donors (Lipinski definition) is 3. The number of anilines is 1. The average molecular weight is 408 g/mol. The Morgan fingerprint density at radius 1 is 1.13 bits per heavy atom. The maximum absolute atomic E-state index is 12.9. The summed E-state index contributed by atoms with van der Waals surface area (Å²) in [4.78, 5) is 25.5. The predicted molar refractivity (Wildman–Crippen MR) is 113 cm³/mol. The molecule has 2 aromatic rings. The van der Waals surface area contributed by atoms with Gasteiger partial charge < -0.3 is 14.9 Å². The van der Waals surface area contributed by atoms with Crippen molar-refractivity contribution in [2.24, 2.45) is 0 Å². The quantitative estimate of drug-likeness (QED) is 0.520. The van der Waals surface area contributed by atoms with Gasteiger partial charge >= 0.3 is 0 Å². The second-order valence-corrected chi connectivity index (χ2v) is 7.69. The minimum Gasteiger partial charge on any atom is -0.504 e. The number of aromatic hydroxyl groups is 1. The van der Waals surface area contributed by atoms with Crippen LogP contribution >= 0.6 is 0 Å². The van der Waals surface area contributed by atoms with Crippen molar-refractivity contribution in [3.63, 3.8) is 0 Å². The van der Waals surface area contributed by atoms with Crippen LogP contribution in [0.5, 0.6) is 11.5 Å². The first-order valence-electron chi connectivity index (χ1n) is 9.91. The van der Waals surface area contributed by atoms with Gasteiger partial charge in [-0.1, -0.05) is 37.1 Å². The molecule has 4 rings (SSSR count). The van der Waals surface area contributed by atoms with Crippen molar-refractivity contribution in [2.45, 2.75) is 37.6 Å². The first kappa shape index (κ1) is 20.1. The van der Waals surface area contributed by atoms with Gasteiger partial charge in [-0.3, -0.25) is 19.8 Å². The Bertz CT molecular complexity index is 993. The molecule has 1 aliphatic carbocycles. The number of hydrogen-bond acceptors (Lipinski definition) is 6. The molecule has 2 aromatic carbocycles. The second-order valence-electron chi connectivity index (χ2n) is 7.69. The van der Waals surface area contributed by atoms with Crippen LogP contribution in [-0.2, 0) is 4.79 Å². The molecule has 1 saturated heterocycles. The number of ether oxygens (including phenoxy) is 1. The number of nitrogens with zero attached hydrogens (tertiary/aromatic N) is 1. The van der Waals surface area contributed by atoms with E-state index in [4.69, 9.17) is 4.74 Å². The van der Waals surface area contributed by atoms with Gasteiger partial charge in [-0.15, -0.1) is 0 Å². The van der Waals surface area contributed by atoms with Gasteiger partial charge in [-0.05, 0) is 48.2 Å². The summed E-state index contributed by atoms with van der Waals surface area (Å²) in [5, 5.41) is 23.4. The lowest BCUT2D eigenvalue weighted by Gasteiger charge is -2.21. The maximum Gasteiger partial charge on any atom is 0.250 e. The number of phenolic OH excluding ortho intramolecular Hbond substituents is 1. The van der Waals surface area contributed by atoms with Gasteiger partial charge in [-0.25, -0.2) is 0 Å². The van der Waals surface area contributed by atoms with Gasteiger partial charge in [0.2, 0.25) is 0 Å². The molecule has 1 heterocycles. The van der Waals surface area contributed by atoms with E-state index in [0.29, 0.717) is 17.5 Å². The Kier molecular flexibility index (Phi) is 5.32. The Labute approximate surface area is 174 Å². The number of benzene rings is 2.